The highest BCUT2D eigenvalue weighted by atomic mass is 35.5. The first kappa shape index (κ1) is 14.3. The molecule has 1 N–H and O–H groups in total. The minimum Gasteiger partial charge on any atom is -0.300 e. The van der Waals surface area contributed by atoms with Crippen LogP contribution in [-0.4, -0.2) is 22.0 Å². The van der Waals surface area contributed by atoms with E-state index in [1.165, 1.54) is 16.2 Å². The summed E-state index contributed by atoms with van der Waals surface area (Å²) in [5, 5.41) is 12.1. The lowest BCUT2D eigenvalue weighted by Gasteiger charge is -1.97. The lowest BCUT2D eigenvalue weighted by Crippen LogP contribution is -2.11. The molecule has 0 aliphatic rings. The predicted molar refractivity (Wildman–Crippen MR) is 79.9 cm³/mol. The SMILES string of the molecule is O=C(CCCl)Nc1nnc(CSc2ccccc2)s1. The van der Waals surface area contributed by atoms with Crippen LogP contribution in [0.5, 0.6) is 0 Å². The largest absolute Gasteiger partial charge is 0.300 e. The Morgan fingerprint density at radius 2 is 2.11 bits per heavy atom. The second-order valence-corrected chi connectivity index (χ2v) is 6.08. The van der Waals surface area contributed by atoms with Gasteiger partial charge in [0, 0.05) is 17.2 Å². The summed E-state index contributed by atoms with van der Waals surface area (Å²) >= 11 is 8.57. The Kier molecular flexibility index (Phi) is 5.62. The zero-order valence-electron chi connectivity index (χ0n) is 10.0. The lowest BCUT2D eigenvalue weighted by molar-refractivity contribution is -0.115. The number of carbonyl (C=O) groups excluding carboxylic acids is 1. The van der Waals surface area contributed by atoms with Crippen LogP contribution >= 0.6 is 34.7 Å². The van der Waals surface area contributed by atoms with Crippen molar-refractivity contribution in [2.45, 2.75) is 17.1 Å². The summed E-state index contributed by atoms with van der Waals surface area (Å²) in [5.74, 6) is 0.919. The zero-order chi connectivity index (χ0) is 13.5. The normalized spacial score (nSPS) is 10.4. The van der Waals surface area contributed by atoms with Crippen LogP contribution in [0.25, 0.3) is 0 Å². The molecule has 0 aliphatic carbocycles. The molecule has 0 saturated carbocycles. The number of thioether (sulfide) groups is 1. The van der Waals surface area contributed by atoms with Gasteiger partial charge in [-0.2, -0.15) is 0 Å². The number of rotatable bonds is 6. The first-order chi connectivity index (χ1) is 9.28. The molecular weight excluding hydrogens is 302 g/mol. The van der Waals surface area contributed by atoms with Crippen LogP contribution in [0.2, 0.25) is 0 Å². The molecule has 0 unspecified atom stereocenters. The molecule has 2 rings (SSSR count). The van der Waals surface area contributed by atoms with E-state index in [0.29, 0.717) is 11.0 Å². The average molecular weight is 314 g/mol. The van der Waals surface area contributed by atoms with Crippen molar-refractivity contribution in [3.8, 4) is 0 Å². The molecule has 1 amide bonds. The topological polar surface area (TPSA) is 54.9 Å². The number of aromatic nitrogens is 2. The maximum atomic E-state index is 11.3. The molecule has 1 heterocycles. The van der Waals surface area contributed by atoms with Gasteiger partial charge in [-0.05, 0) is 12.1 Å². The van der Waals surface area contributed by atoms with E-state index >= 15 is 0 Å². The molecule has 0 atom stereocenters. The van der Waals surface area contributed by atoms with Crippen LogP contribution in [-0.2, 0) is 10.5 Å². The van der Waals surface area contributed by atoms with Crippen molar-refractivity contribution in [3.05, 3.63) is 35.3 Å². The Hall–Kier alpha value is -1.11. The van der Waals surface area contributed by atoms with E-state index < -0.39 is 0 Å². The van der Waals surface area contributed by atoms with Crippen LogP contribution in [0.4, 0.5) is 5.13 Å². The quantitative estimate of drug-likeness (QED) is 0.656. The Bertz CT molecular complexity index is 533. The van der Waals surface area contributed by atoms with Gasteiger partial charge in [0.1, 0.15) is 5.01 Å². The zero-order valence-corrected chi connectivity index (χ0v) is 12.4. The summed E-state index contributed by atoms with van der Waals surface area (Å²) in [7, 11) is 0. The van der Waals surface area contributed by atoms with Gasteiger partial charge in [0.15, 0.2) is 0 Å². The number of amides is 1. The summed E-state index contributed by atoms with van der Waals surface area (Å²) < 4.78 is 0. The van der Waals surface area contributed by atoms with Crippen molar-refractivity contribution in [3.63, 3.8) is 0 Å². The second kappa shape index (κ2) is 7.47. The number of anilines is 1. The Morgan fingerprint density at radius 1 is 1.32 bits per heavy atom. The van der Waals surface area contributed by atoms with Crippen LogP contribution in [0, 0.1) is 0 Å². The predicted octanol–water partition coefficient (Wildman–Crippen LogP) is 3.40. The smallest absolute Gasteiger partial charge is 0.227 e. The third kappa shape index (κ3) is 4.81. The first-order valence-corrected chi connectivity index (χ1v) is 7.97. The van der Waals surface area contributed by atoms with E-state index in [2.05, 4.69) is 27.6 Å². The monoisotopic (exact) mass is 313 g/mol. The molecule has 0 saturated heterocycles. The fourth-order valence-electron chi connectivity index (χ4n) is 1.29. The number of benzene rings is 1. The number of hydrogen-bond donors (Lipinski definition) is 1. The third-order valence-corrected chi connectivity index (χ3v) is 4.37. The van der Waals surface area contributed by atoms with Crippen LogP contribution in [0.15, 0.2) is 35.2 Å². The van der Waals surface area contributed by atoms with E-state index in [4.69, 9.17) is 11.6 Å². The number of carbonyl (C=O) groups is 1. The molecule has 7 heteroatoms. The van der Waals surface area contributed by atoms with Gasteiger partial charge in [-0.1, -0.05) is 29.5 Å². The Balaban J connectivity index is 1.85. The van der Waals surface area contributed by atoms with E-state index in [-0.39, 0.29) is 12.3 Å². The molecule has 0 fully saturated rings. The molecule has 4 nitrogen and oxygen atoms in total. The van der Waals surface area contributed by atoms with E-state index in [1.54, 1.807) is 11.8 Å². The molecular formula is C12H12ClN3OS2. The van der Waals surface area contributed by atoms with E-state index in [9.17, 15) is 4.79 Å². The van der Waals surface area contributed by atoms with Gasteiger partial charge < -0.3 is 5.32 Å². The lowest BCUT2D eigenvalue weighted by atomic mass is 10.4. The number of halogens is 1. The molecule has 100 valence electrons. The Labute approximate surface area is 124 Å². The standard InChI is InChI=1S/C12H12ClN3OS2/c13-7-6-10(17)14-12-16-15-11(19-12)8-18-9-4-2-1-3-5-9/h1-5H,6-8H2,(H,14,16,17). The third-order valence-electron chi connectivity index (χ3n) is 2.14. The van der Waals surface area contributed by atoms with Gasteiger partial charge in [-0.3, -0.25) is 4.79 Å². The summed E-state index contributed by atoms with van der Waals surface area (Å²) in [4.78, 5) is 12.5. The van der Waals surface area contributed by atoms with E-state index in [1.807, 2.05) is 18.2 Å². The number of alkyl halides is 1. The fourth-order valence-corrected chi connectivity index (χ4v) is 3.12. The number of hydrogen-bond acceptors (Lipinski definition) is 5. The van der Waals surface area contributed by atoms with Crippen molar-refractivity contribution in [1.82, 2.24) is 10.2 Å². The summed E-state index contributed by atoms with van der Waals surface area (Å²) in [6.07, 6.45) is 0.287. The molecule has 0 bridgehead atoms. The summed E-state index contributed by atoms with van der Waals surface area (Å²) in [6, 6.07) is 10.1. The van der Waals surface area contributed by atoms with Crippen molar-refractivity contribution in [2.75, 3.05) is 11.2 Å². The van der Waals surface area contributed by atoms with Crippen molar-refractivity contribution >= 4 is 45.7 Å². The second-order valence-electron chi connectivity index (χ2n) is 3.59. The molecule has 1 aromatic heterocycles. The first-order valence-electron chi connectivity index (χ1n) is 5.64. The summed E-state index contributed by atoms with van der Waals surface area (Å²) in [6.45, 7) is 0. The molecule has 19 heavy (non-hydrogen) atoms. The van der Waals surface area contributed by atoms with Crippen molar-refractivity contribution < 1.29 is 4.79 Å². The minimum absolute atomic E-state index is 0.131. The maximum Gasteiger partial charge on any atom is 0.227 e. The molecule has 0 radical (unpaired) electrons. The summed E-state index contributed by atoms with van der Waals surface area (Å²) in [5.41, 5.74) is 0. The Morgan fingerprint density at radius 3 is 2.84 bits per heavy atom. The number of nitrogens with zero attached hydrogens (tertiary/aromatic N) is 2. The van der Waals surface area contributed by atoms with Crippen molar-refractivity contribution in [2.24, 2.45) is 0 Å². The van der Waals surface area contributed by atoms with Crippen LogP contribution < -0.4 is 5.32 Å². The molecule has 0 aliphatic heterocycles. The highest BCUT2D eigenvalue weighted by Gasteiger charge is 2.08. The average Bonchev–Trinajstić information content (AvgIpc) is 2.85. The van der Waals surface area contributed by atoms with Crippen molar-refractivity contribution in [1.29, 1.82) is 0 Å². The fraction of sp³-hybridized carbons (Fsp3) is 0.250. The maximum absolute atomic E-state index is 11.3. The van der Waals surface area contributed by atoms with Gasteiger partial charge in [-0.25, -0.2) is 0 Å². The molecule has 1 aromatic carbocycles. The minimum atomic E-state index is -0.131. The van der Waals surface area contributed by atoms with E-state index in [0.717, 1.165) is 10.8 Å². The highest BCUT2D eigenvalue weighted by Crippen LogP contribution is 2.25. The molecule has 0 spiro atoms. The van der Waals surface area contributed by atoms with Gasteiger partial charge in [0.2, 0.25) is 11.0 Å². The van der Waals surface area contributed by atoms with Crippen LogP contribution in [0.3, 0.4) is 0 Å². The number of nitrogens with one attached hydrogen (secondary N) is 1. The van der Waals surface area contributed by atoms with Crippen LogP contribution in [0.1, 0.15) is 11.4 Å². The van der Waals surface area contributed by atoms with Gasteiger partial charge >= 0.3 is 0 Å². The highest BCUT2D eigenvalue weighted by molar-refractivity contribution is 7.98. The van der Waals surface area contributed by atoms with Gasteiger partial charge in [-0.15, -0.1) is 33.6 Å². The van der Waals surface area contributed by atoms with Gasteiger partial charge in [0.05, 0.1) is 5.75 Å². The molecule has 2 aromatic rings. The van der Waals surface area contributed by atoms with Gasteiger partial charge in [0.25, 0.3) is 0 Å².